The van der Waals surface area contributed by atoms with Crippen LogP contribution in [0.15, 0.2) is 0 Å². The molecule has 1 fully saturated rings. The zero-order valence-electron chi connectivity index (χ0n) is 7.39. The molecule has 1 rings (SSSR count). The van der Waals surface area contributed by atoms with Crippen molar-refractivity contribution in [3.05, 3.63) is 0 Å². The van der Waals surface area contributed by atoms with E-state index in [4.69, 9.17) is 22.5 Å². The van der Waals surface area contributed by atoms with Crippen LogP contribution < -0.4 is 0 Å². The van der Waals surface area contributed by atoms with Gasteiger partial charge in [-0.2, -0.15) is 0 Å². The van der Waals surface area contributed by atoms with E-state index in [-0.39, 0.29) is 25.4 Å². The van der Waals surface area contributed by atoms with Gasteiger partial charge in [0.15, 0.2) is 0 Å². The van der Waals surface area contributed by atoms with E-state index >= 15 is 0 Å². The van der Waals surface area contributed by atoms with Crippen LogP contribution in [0.1, 0.15) is 25.7 Å². The van der Waals surface area contributed by atoms with Gasteiger partial charge in [-0.25, -0.2) is 8.78 Å². The van der Waals surface area contributed by atoms with E-state index in [0.29, 0.717) is 12.8 Å². The van der Waals surface area contributed by atoms with Gasteiger partial charge in [0.2, 0.25) is 5.92 Å². The van der Waals surface area contributed by atoms with Gasteiger partial charge in [0.1, 0.15) is 0 Å². The Hall–Kier alpha value is 0.630. The first kappa shape index (κ1) is 12.7. The third-order valence-corrected chi connectivity index (χ3v) is 3.33. The van der Waals surface area contributed by atoms with Crippen molar-refractivity contribution in [1.82, 2.24) is 0 Å². The van der Waals surface area contributed by atoms with Crippen LogP contribution >= 0.6 is 28.6 Å². The molecule has 14 heavy (non-hydrogen) atoms. The first-order valence-electron chi connectivity index (χ1n) is 4.30. The lowest BCUT2D eigenvalue weighted by Crippen LogP contribution is -2.26. The van der Waals surface area contributed by atoms with E-state index in [9.17, 15) is 13.3 Å². The van der Waals surface area contributed by atoms with Crippen LogP contribution in [0.25, 0.3) is 0 Å². The van der Waals surface area contributed by atoms with Crippen LogP contribution in [0.3, 0.4) is 0 Å². The van der Waals surface area contributed by atoms with Crippen LogP contribution in [0, 0.1) is 5.92 Å². The fraction of sp³-hybridized carbons (Fsp3) is 1.00. The van der Waals surface area contributed by atoms with Crippen LogP contribution in [-0.2, 0) is 9.09 Å². The molecule has 0 atom stereocenters. The van der Waals surface area contributed by atoms with Gasteiger partial charge >= 0.3 is 6.07 Å². The largest absolute Gasteiger partial charge is 0.380 e. The summed E-state index contributed by atoms with van der Waals surface area (Å²) in [6, 6.07) is 0. The molecule has 0 spiro atoms. The minimum absolute atomic E-state index is 0.0135. The highest BCUT2D eigenvalue weighted by molar-refractivity contribution is 8.05. The van der Waals surface area contributed by atoms with Gasteiger partial charge in [0.05, 0.1) is 6.61 Å². The van der Waals surface area contributed by atoms with Crippen molar-refractivity contribution < 1.29 is 17.9 Å². The Morgan fingerprint density at radius 1 is 1.36 bits per heavy atom. The van der Waals surface area contributed by atoms with Crippen molar-refractivity contribution >= 4 is 28.6 Å². The molecule has 2 nitrogen and oxygen atoms in total. The molecule has 1 saturated carbocycles. The molecule has 0 saturated heterocycles. The SMILES string of the molecule is O=P(Cl)(Cl)OCC1CCC(F)(F)CC1. The Morgan fingerprint density at radius 3 is 2.29 bits per heavy atom. The van der Waals surface area contributed by atoms with Crippen molar-refractivity contribution in [1.29, 1.82) is 0 Å². The summed E-state index contributed by atoms with van der Waals surface area (Å²) in [4.78, 5) is 0. The van der Waals surface area contributed by atoms with Crippen LogP contribution in [0.4, 0.5) is 8.78 Å². The monoisotopic (exact) mass is 266 g/mol. The molecule has 0 aromatic heterocycles. The second-order valence-corrected chi connectivity index (χ2v) is 7.79. The first-order valence-corrected chi connectivity index (χ1v) is 7.74. The fourth-order valence-corrected chi connectivity index (χ4v) is 2.18. The second-order valence-electron chi connectivity index (χ2n) is 3.51. The molecule has 0 aromatic carbocycles. The zero-order valence-corrected chi connectivity index (χ0v) is 9.79. The molecule has 0 aliphatic heterocycles. The molecule has 0 amide bonds. The molecule has 1 aliphatic rings. The van der Waals surface area contributed by atoms with E-state index in [1.165, 1.54) is 0 Å². The summed E-state index contributed by atoms with van der Waals surface area (Å²) >= 11 is 10.3. The lowest BCUT2D eigenvalue weighted by Gasteiger charge is -2.27. The molecular formula is C7H11Cl2F2O2P. The normalized spacial score (nSPS) is 23.7. The quantitative estimate of drug-likeness (QED) is 0.707. The van der Waals surface area contributed by atoms with Gasteiger partial charge < -0.3 is 4.52 Å². The standard InChI is InChI=1S/C7H11Cl2F2O2P/c8-14(9,12)13-5-6-1-3-7(10,11)4-2-6/h6H,1-5H2. The minimum Gasteiger partial charge on any atom is -0.306 e. The van der Waals surface area contributed by atoms with Crippen molar-refractivity contribution in [3.63, 3.8) is 0 Å². The number of alkyl halides is 2. The summed E-state index contributed by atoms with van der Waals surface area (Å²) < 4.78 is 40.8. The van der Waals surface area contributed by atoms with Crippen molar-refractivity contribution in [2.45, 2.75) is 31.6 Å². The van der Waals surface area contributed by atoms with Gasteiger partial charge in [-0.3, -0.25) is 4.57 Å². The van der Waals surface area contributed by atoms with Gasteiger partial charge in [0.25, 0.3) is 0 Å². The van der Waals surface area contributed by atoms with Crippen molar-refractivity contribution in [3.8, 4) is 0 Å². The van der Waals surface area contributed by atoms with E-state index in [2.05, 4.69) is 4.52 Å². The zero-order chi connectivity index (χ0) is 10.8. The van der Waals surface area contributed by atoms with E-state index in [0.717, 1.165) is 0 Å². The van der Waals surface area contributed by atoms with E-state index < -0.39 is 12.0 Å². The van der Waals surface area contributed by atoms with Gasteiger partial charge in [0, 0.05) is 12.8 Å². The van der Waals surface area contributed by atoms with Gasteiger partial charge in [-0.1, -0.05) is 0 Å². The third kappa shape index (κ3) is 4.92. The number of hydrogen-bond donors (Lipinski definition) is 0. The first-order chi connectivity index (χ1) is 6.29. The Morgan fingerprint density at radius 2 is 1.86 bits per heavy atom. The van der Waals surface area contributed by atoms with Crippen molar-refractivity contribution in [2.24, 2.45) is 5.92 Å². The topological polar surface area (TPSA) is 26.3 Å². The summed E-state index contributed by atoms with van der Waals surface area (Å²) in [7, 11) is 0. The highest BCUT2D eigenvalue weighted by Crippen LogP contribution is 2.58. The molecule has 84 valence electrons. The predicted octanol–water partition coefficient (Wildman–Crippen LogP) is 4.41. The average molecular weight is 267 g/mol. The smallest absolute Gasteiger partial charge is 0.306 e. The summed E-state index contributed by atoms with van der Waals surface area (Å²) in [5, 5.41) is 0. The predicted molar refractivity (Wildman–Crippen MR) is 52.2 cm³/mol. The molecule has 7 heteroatoms. The Bertz CT molecular complexity index is 234. The number of rotatable bonds is 3. The van der Waals surface area contributed by atoms with Gasteiger partial charge in [-0.05, 0) is 41.2 Å². The molecule has 0 heterocycles. The maximum Gasteiger partial charge on any atom is 0.380 e. The minimum atomic E-state index is -3.51. The van der Waals surface area contributed by atoms with E-state index in [1.54, 1.807) is 0 Å². The van der Waals surface area contributed by atoms with Crippen molar-refractivity contribution in [2.75, 3.05) is 6.61 Å². The molecule has 0 aromatic rings. The third-order valence-electron chi connectivity index (χ3n) is 2.30. The molecule has 0 N–H and O–H groups in total. The molecule has 0 unspecified atom stereocenters. The fourth-order valence-electron chi connectivity index (χ4n) is 1.46. The number of halogens is 4. The maximum absolute atomic E-state index is 12.7. The summed E-state index contributed by atoms with van der Waals surface area (Å²) in [5.74, 6) is -2.57. The number of hydrogen-bond acceptors (Lipinski definition) is 2. The van der Waals surface area contributed by atoms with Gasteiger partial charge in [-0.15, -0.1) is 0 Å². The Balaban J connectivity index is 2.26. The van der Waals surface area contributed by atoms with E-state index in [1.807, 2.05) is 0 Å². The van der Waals surface area contributed by atoms with Crippen LogP contribution in [0.2, 0.25) is 0 Å². The summed E-state index contributed by atoms with van der Waals surface area (Å²) in [5.41, 5.74) is 0. The Kier molecular flexibility index (Phi) is 4.22. The molecule has 1 aliphatic carbocycles. The van der Waals surface area contributed by atoms with Crippen LogP contribution in [0.5, 0.6) is 0 Å². The highest BCUT2D eigenvalue weighted by atomic mass is 35.9. The average Bonchev–Trinajstić information content (AvgIpc) is 2.01. The summed E-state index contributed by atoms with van der Waals surface area (Å²) in [6.45, 7) is 0.0976. The summed E-state index contributed by atoms with van der Waals surface area (Å²) in [6.07, 6.45) is -3.07. The lowest BCUT2D eigenvalue weighted by atomic mass is 9.87. The van der Waals surface area contributed by atoms with Crippen LogP contribution in [-0.4, -0.2) is 12.5 Å². The molecule has 0 bridgehead atoms. The Labute approximate surface area is 90.9 Å². The second kappa shape index (κ2) is 4.65. The molecular weight excluding hydrogens is 256 g/mol. The highest BCUT2D eigenvalue weighted by Gasteiger charge is 2.35. The maximum atomic E-state index is 12.7. The molecule has 0 radical (unpaired) electrons. The lowest BCUT2D eigenvalue weighted by molar-refractivity contribution is -0.0495.